The lowest BCUT2D eigenvalue weighted by atomic mass is 9.94. The molecule has 1 rings (SSSR count). The number of amides is 1. The maximum absolute atomic E-state index is 11.6. The zero-order valence-corrected chi connectivity index (χ0v) is 11.4. The van der Waals surface area contributed by atoms with Gasteiger partial charge in [0.15, 0.2) is 0 Å². The van der Waals surface area contributed by atoms with Crippen molar-refractivity contribution in [1.82, 2.24) is 10.6 Å². The minimum atomic E-state index is 0. The lowest BCUT2D eigenvalue weighted by Crippen LogP contribution is -2.50. The summed E-state index contributed by atoms with van der Waals surface area (Å²) in [5.41, 5.74) is 0. The van der Waals surface area contributed by atoms with Gasteiger partial charge in [-0.2, -0.15) is 0 Å². The molecule has 2 atom stereocenters. The van der Waals surface area contributed by atoms with Crippen molar-refractivity contribution in [3.05, 3.63) is 0 Å². The van der Waals surface area contributed by atoms with Gasteiger partial charge in [-0.3, -0.25) is 4.79 Å². The van der Waals surface area contributed by atoms with Crippen LogP contribution in [-0.2, 0) is 4.79 Å². The lowest BCUT2D eigenvalue weighted by Gasteiger charge is -2.30. The molecule has 0 aromatic rings. The van der Waals surface area contributed by atoms with Crippen LogP contribution in [-0.4, -0.2) is 25.0 Å². The van der Waals surface area contributed by atoms with E-state index in [1.165, 1.54) is 0 Å². The fourth-order valence-electron chi connectivity index (χ4n) is 1.88. The van der Waals surface area contributed by atoms with Crippen molar-refractivity contribution in [3.8, 4) is 0 Å². The third-order valence-electron chi connectivity index (χ3n) is 3.12. The number of hydrogen-bond acceptors (Lipinski definition) is 2. The molecular weight excluding hydrogens is 224 g/mol. The van der Waals surface area contributed by atoms with Crippen LogP contribution < -0.4 is 10.6 Å². The fraction of sp³-hybridized carbons (Fsp3) is 0.917. The van der Waals surface area contributed by atoms with E-state index in [4.69, 9.17) is 0 Å². The molecule has 1 amide bonds. The third-order valence-corrected chi connectivity index (χ3v) is 3.12. The predicted molar refractivity (Wildman–Crippen MR) is 69.9 cm³/mol. The number of carbonyl (C=O) groups excluding carboxylic acids is 1. The molecule has 16 heavy (non-hydrogen) atoms. The Morgan fingerprint density at radius 3 is 2.75 bits per heavy atom. The Kier molecular flexibility index (Phi) is 7.77. The Morgan fingerprint density at radius 2 is 2.19 bits per heavy atom. The fourth-order valence-corrected chi connectivity index (χ4v) is 1.88. The first-order chi connectivity index (χ1) is 7.09. The van der Waals surface area contributed by atoms with Crippen LogP contribution in [0.3, 0.4) is 0 Å². The van der Waals surface area contributed by atoms with Crippen molar-refractivity contribution in [2.45, 2.75) is 46.1 Å². The average Bonchev–Trinajstić information content (AvgIpc) is 2.18. The maximum atomic E-state index is 11.6. The highest BCUT2D eigenvalue weighted by Gasteiger charge is 2.22. The summed E-state index contributed by atoms with van der Waals surface area (Å²) in [5.74, 6) is 1.43. The smallest absolute Gasteiger partial charge is 0.220 e. The second-order valence-electron chi connectivity index (χ2n) is 5.08. The Labute approximate surface area is 105 Å². The van der Waals surface area contributed by atoms with Gasteiger partial charge in [0.05, 0.1) is 0 Å². The first-order valence-electron chi connectivity index (χ1n) is 6.09. The molecule has 2 N–H and O–H groups in total. The van der Waals surface area contributed by atoms with Crippen molar-refractivity contribution in [3.63, 3.8) is 0 Å². The van der Waals surface area contributed by atoms with Crippen molar-refractivity contribution in [2.75, 3.05) is 13.1 Å². The Balaban J connectivity index is 0.00000225. The van der Waals surface area contributed by atoms with Crippen LogP contribution in [0, 0.1) is 11.8 Å². The SMILES string of the molecule is CC(C)CCC(=O)NC1CNCCC1C.Cl. The molecule has 0 aromatic heterocycles. The third kappa shape index (κ3) is 5.71. The molecular formula is C12H25ClN2O. The topological polar surface area (TPSA) is 41.1 Å². The molecule has 0 saturated carbocycles. The highest BCUT2D eigenvalue weighted by molar-refractivity contribution is 5.85. The van der Waals surface area contributed by atoms with Crippen LogP contribution in [0.5, 0.6) is 0 Å². The van der Waals surface area contributed by atoms with Crippen molar-refractivity contribution in [1.29, 1.82) is 0 Å². The highest BCUT2D eigenvalue weighted by Crippen LogP contribution is 2.12. The molecule has 1 fully saturated rings. The molecule has 0 aromatic carbocycles. The Hall–Kier alpha value is -0.280. The average molecular weight is 249 g/mol. The quantitative estimate of drug-likeness (QED) is 0.799. The van der Waals surface area contributed by atoms with Gasteiger partial charge in [0.2, 0.25) is 5.91 Å². The van der Waals surface area contributed by atoms with Crippen LogP contribution >= 0.6 is 12.4 Å². The Morgan fingerprint density at radius 1 is 1.50 bits per heavy atom. The van der Waals surface area contributed by atoms with Crippen molar-refractivity contribution >= 4 is 18.3 Å². The van der Waals surface area contributed by atoms with Crippen molar-refractivity contribution in [2.24, 2.45) is 11.8 Å². The van der Waals surface area contributed by atoms with Gasteiger partial charge in [-0.1, -0.05) is 20.8 Å². The number of carbonyl (C=O) groups is 1. The maximum Gasteiger partial charge on any atom is 0.220 e. The number of hydrogen-bond donors (Lipinski definition) is 2. The molecule has 1 saturated heterocycles. The molecule has 1 aliphatic rings. The van der Waals surface area contributed by atoms with E-state index in [0.29, 0.717) is 24.3 Å². The molecule has 96 valence electrons. The van der Waals surface area contributed by atoms with Gasteiger partial charge in [0.25, 0.3) is 0 Å². The minimum absolute atomic E-state index is 0. The number of rotatable bonds is 4. The second-order valence-corrected chi connectivity index (χ2v) is 5.08. The minimum Gasteiger partial charge on any atom is -0.352 e. The summed E-state index contributed by atoms with van der Waals surface area (Å²) in [7, 11) is 0. The lowest BCUT2D eigenvalue weighted by molar-refractivity contribution is -0.122. The second kappa shape index (κ2) is 7.91. The first kappa shape index (κ1) is 15.7. The van der Waals surface area contributed by atoms with Gasteiger partial charge in [-0.15, -0.1) is 12.4 Å². The summed E-state index contributed by atoms with van der Waals surface area (Å²) in [4.78, 5) is 11.6. The summed E-state index contributed by atoms with van der Waals surface area (Å²) < 4.78 is 0. The molecule has 0 aliphatic carbocycles. The summed E-state index contributed by atoms with van der Waals surface area (Å²) in [5, 5.41) is 6.44. The van der Waals surface area contributed by atoms with Crippen LogP contribution in [0.2, 0.25) is 0 Å². The van der Waals surface area contributed by atoms with E-state index in [9.17, 15) is 4.79 Å². The van der Waals surface area contributed by atoms with E-state index < -0.39 is 0 Å². The van der Waals surface area contributed by atoms with Crippen LogP contribution in [0.1, 0.15) is 40.0 Å². The predicted octanol–water partition coefficient (Wildman–Crippen LogP) is 1.96. The highest BCUT2D eigenvalue weighted by atomic mass is 35.5. The summed E-state index contributed by atoms with van der Waals surface area (Å²) in [6.07, 6.45) is 2.82. The number of nitrogens with one attached hydrogen (secondary N) is 2. The van der Waals surface area contributed by atoms with E-state index in [1.54, 1.807) is 0 Å². The largest absolute Gasteiger partial charge is 0.352 e. The molecule has 3 nitrogen and oxygen atoms in total. The normalized spacial score (nSPS) is 25.0. The summed E-state index contributed by atoms with van der Waals surface area (Å²) >= 11 is 0. The molecule has 1 aliphatic heterocycles. The monoisotopic (exact) mass is 248 g/mol. The van der Waals surface area contributed by atoms with Crippen LogP contribution in [0.4, 0.5) is 0 Å². The van der Waals surface area contributed by atoms with E-state index >= 15 is 0 Å². The van der Waals surface area contributed by atoms with Crippen LogP contribution in [0.25, 0.3) is 0 Å². The zero-order valence-electron chi connectivity index (χ0n) is 10.6. The van der Waals surface area contributed by atoms with E-state index in [0.717, 1.165) is 25.9 Å². The molecule has 2 unspecified atom stereocenters. The molecule has 0 spiro atoms. The number of piperidine rings is 1. The van der Waals surface area contributed by atoms with Gasteiger partial charge >= 0.3 is 0 Å². The van der Waals surface area contributed by atoms with Gasteiger partial charge in [0.1, 0.15) is 0 Å². The zero-order chi connectivity index (χ0) is 11.3. The first-order valence-corrected chi connectivity index (χ1v) is 6.09. The van der Waals surface area contributed by atoms with E-state index in [-0.39, 0.29) is 18.3 Å². The molecule has 0 radical (unpaired) electrons. The van der Waals surface area contributed by atoms with Gasteiger partial charge < -0.3 is 10.6 Å². The van der Waals surface area contributed by atoms with Crippen molar-refractivity contribution < 1.29 is 4.79 Å². The van der Waals surface area contributed by atoms with E-state index in [1.807, 2.05) is 0 Å². The van der Waals surface area contributed by atoms with Crippen LogP contribution in [0.15, 0.2) is 0 Å². The van der Waals surface area contributed by atoms with Gasteiger partial charge in [-0.05, 0) is 31.2 Å². The summed E-state index contributed by atoms with van der Waals surface area (Å²) in [6.45, 7) is 8.53. The molecule has 0 bridgehead atoms. The Bertz CT molecular complexity index is 209. The standard InChI is InChI=1S/C12H24N2O.ClH/c1-9(2)4-5-12(15)14-11-8-13-7-6-10(11)3;/h9-11,13H,4-8H2,1-3H3,(H,14,15);1H. The molecule has 1 heterocycles. The molecule has 4 heteroatoms. The van der Waals surface area contributed by atoms with Gasteiger partial charge in [0, 0.05) is 19.0 Å². The summed E-state index contributed by atoms with van der Waals surface area (Å²) in [6, 6.07) is 0.332. The number of halogens is 1. The van der Waals surface area contributed by atoms with Gasteiger partial charge in [-0.25, -0.2) is 0 Å². The van der Waals surface area contributed by atoms with E-state index in [2.05, 4.69) is 31.4 Å².